The molecule has 0 bridgehead atoms. The minimum atomic E-state index is -0.464. The quantitative estimate of drug-likeness (QED) is 0.504. The molecule has 0 saturated heterocycles. The second kappa shape index (κ2) is 4.82. The Hall–Kier alpha value is -2.44. The number of nitrogens with one attached hydrogen (secondary N) is 1. The van der Waals surface area contributed by atoms with Gasteiger partial charge >= 0.3 is 5.97 Å². The summed E-state index contributed by atoms with van der Waals surface area (Å²) in [5, 5.41) is 10.6. The van der Waals surface area contributed by atoms with E-state index in [1.54, 1.807) is 6.07 Å². The summed E-state index contributed by atoms with van der Waals surface area (Å²) < 4.78 is 4.53. The molecule has 0 aliphatic carbocycles. The van der Waals surface area contributed by atoms with Crippen LogP contribution in [0.5, 0.6) is 0 Å². The Morgan fingerprint density at radius 2 is 2.33 bits per heavy atom. The highest BCUT2D eigenvalue weighted by Gasteiger charge is 2.10. The van der Waals surface area contributed by atoms with Crippen molar-refractivity contribution in [2.24, 2.45) is 0 Å². The Labute approximate surface area is 102 Å². The van der Waals surface area contributed by atoms with Gasteiger partial charge in [-0.15, -0.1) is 0 Å². The van der Waals surface area contributed by atoms with Crippen LogP contribution in [0.3, 0.4) is 0 Å². The van der Waals surface area contributed by atoms with E-state index in [2.05, 4.69) is 14.7 Å². The number of aromatic amines is 1. The van der Waals surface area contributed by atoms with E-state index >= 15 is 0 Å². The number of aromatic nitrogens is 2. The molecular weight excluding hydrogens is 238 g/mol. The zero-order valence-corrected chi connectivity index (χ0v) is 9.67. The smallest absolute Gasteiger partial charge is 0.305 e. The lowest BCUT2D eigenvalue weighted by molar-refractivity contribution is -0.384. The standard InChI is InChI=1S/C11H11N3O4/c1-18-11(15)5-4-10-12-8-3-2-7(14(16)17)6-9(8)13-10/h2-3,6H,4-5H2,1H3,(H,12,13). The monoisotopic (exact) mass is 249 g/mol. The first-order valence-corrected chi connectivity index (χ1v) is 5.30. The number of methoxy groups -OCH3 is 1. The van der Waals surface area contributed by atoms with E-state index in [9.17, 15) is 14.9 Å². The lowest BCUT2D eigenvalue weighted by atomic mass is 10.3. The number of esters is 1. The summed E-state index contributed by atoms with van der Waals surface area (Å²) >= 11 is 0. The van der Waals surface area contributed by atoms with E-state index in [-0.39, 0.29) is 18.1 Å². The fourth-order valence-corrected chi connectivity index (χ4v) is 1.60. The van der Waals surface area contributed by atoms with E-state index in [4.69, 9.17) is 0 Å². The van der Waals surface area contributed by atoms with Crippen LogP contribution in [0.15, 0.2) is 18.2 Å². The molecule has 0 atom stereocenters. The number of H-pyrrole nitrogens is 1. The topological polar surface area (TPSA) is 98.1 Å². The van der Waals surface area contributed by atoms with Crippen molar-refractivity contribution in [3.05, 3.63) is 34.1 Å². The van der Waals surface area contributed by atoms with E-state index < -0.39 is 4.92 Å². The number of carbonyl (C=O) groups is 1. The molecule has 94 valence electrons. The Kier molecular flexibility index (Phi) is 3.22. The number of aryl methyl sites for hydroxylation is 1. The molecule has 1 aromatic carbocycles. The predicted molar refractivity (Wildman–Crippen MR) is 63.1 cm³/mol. The summed E-state index contributed by atoms with van der Waals surface area (Å²) in [7, 11) is 1.32. The van der Waals surface area contributed by atoms with Gasteiger partial charge in [0.1, 0.15) is 5.82 Å². The van der Waals surface area contributed by atoms with Gasteiger partial charge in [-0.2, -0.15) is 0 Å². The number of carbonyl (C=O) groups excluding carboxylic acids is 1. The van der Waals surface area contributed by atoms with Crippen LogP contribution in [-0.4, -0.2) is 28.0 Å². The van der Waals surface area contributed by atoms with Gasteiger partial charge in [0.25, 0.3) is 5.69 Å². The molecule has 18 heavy (non-hydrogen) atoms. The van der Waals surface area contributed by atoms with Gasteiger partial charge in [-0.1, -0.05) is 0 Å². The number of hydrogen-bond acceptors (Lipinski definition) is 5. The summed E-state index contributed by atoms with van der Waals surface area (Å²) in [6.07, 6.45) is 0.633. The summed E-state index contributed by atoms with van der Waals surface area (Å²) in [4.78, 5) is 28.3. The molecule has 0 fully saturated rings. The van der Waals surface area contributed by atoms with Crippen molar-refractivity contribution >= 4 is 22.7 Å². The van der Waals surface area contributed by atoms with Crippen molar-refractivity contribution < 1.29 is 14.5 Å². The number of benzene rings is 1. The van der Waals surface area contributed by atoms with Crippen molar-refractivity contribution in [2.45, 2.75) is 12.8 Å². The fraction of sp³-hybridized carbons (Fsp3) is 0.273. The van der Waals surface area contributed by atoms with Crippen LogP contribution >= 0.6 is 0 Å². The maximum atomic E-state index is 11.0. The second-order valence-electron chi connectivity index (χ2n) is 3.72. The lowest BCUT2D eigenvalue weighted by Gasteiger charge is -1.95. The molecule has 1 aromatic heterocycles. The van der Waals surface area contributed by atoms with Gasteiger partial charge in [0.05, 0.1) is 29.5 Å². The first-order valence-electron chi connectivity index (χ1n) is 5.30. The average molecular weight is 249 g/mol. The van der Waals surface area contributed by atoms with Crippen molar-refractivity contribution in [3.63, 3.8) is 0 Å². The minimum absolute atomic E-state index is 0.00525. The maximum absolute atomic E-state index is 11.0. The van der Waals surface area contributed by atoms with Crippen molar-refractivity contribution in [2.75, 3.05) is 7.11 Å². The Morgan fingerprint density at radius 1 is 1.56 bits per heavy atom. The van der Waals surface area contributed by atoms with E-state index in [1.807, 2.05) is 0 Å². The number of hydrogen-bond donors (Lipinski definition) is 1. The zero-order chi connectivity index (χ0) is 13.1. The minimum Gasteiger partial charge on any atom is -0.469 e. The molecule has 7 nitrogen and oxygen atoms in total. The molecule has 2 rings (SSSR count). The van der Waals surface area contributed by atoms with E-state index in [1.165, 1.54) is 19.2 Å². The van der Waals surface area contributed by atoms with Crippen molar-refractivity contribution in [1.82, 2.24) is 9.97 Å². The Morgan fingerprint density at radius 3 is 3.00 bits per heavy atom. The summed E-state index contributed by atoms with van der Waals surface area (Å²) in [6, 6.07) is 4.39. The van der Waals surface area contributed by atoms with Gasteiger partial charge < -0.3 is 9.72 Å². The van der Waals surface area contributed by atoms with Gasteiger partial charge in [-0.25, -0.2) is 4.98 Å². The number of nitro groups is 1. The third-order valence-electron chi connectivity index (χ3n) is 2.52. The second-order valence-corrected chi connectivity index (χ2v) is 3.72. The van der Waals surface area contributed by atoms with Crippen LogP contribution < -0.4 is 0 Å². The number of nitrogens with zero attached hydrogens (tertiary/aromatic N) is 2. The molecule has 0 unspecified atom stereocenters. The number of fused-ring (bicyclic) bond motifs is 1. The molecule has 1 N–H and O–H groups in total. The van der Waals surface area contributed by atoms with Crippen LogP contribution in [0, 0.1) is 10.1 Å². The van der Waals surface area contributed by atoms with E-state index in [0.29, 0.717) is 23.3 Å². The molecule has 1 heterocycles. The van der Waals surface area contributed by atoms with Crippen molar-refractivity contribution in [3.8, 4) is 0 Å². The summed E-state index contributed by atoms with van der Waals surface area (Å²) in [5.41, 5.74) is 1.23. The lowest BCUT2D eigenvalue weighted by Crippen LogP contribution is -2.02. The highest BCUT2D eigenvalue weighted by atomic mass is 16.6. The van der Waals surface area contributed by atoms with Crippen LogP contribution in [0.2, 0.25) is 0 Å². The van der Waals surface area contributed by atoms with Gasteiger partial charge in [0.15, 0.2) is 0 Å². The highest BCUT2D eigenvalue weighted by molar-refractivity contribution is 5.78. The SMILES string of the molecule is COC(=O)CCc1nc2ccc([N+](=O)[O-])cc2[nH]1. The third kappa shape index (κ3) is 2.45. The molecule has 0 amide bonds. The van der Waals surface area contributed by atoms with Crippen LogP contribution in [0.4, 0.5) is 5.69 Å². The molecule has 0 radical (unpaired) electrons. The van der Waals surface area contributed by atoms with E-state index in [0.717, 1.165) is 0 Å². The van der Waals surface area contributed by atoms with Gasteiger partial charge in [-0.05, 0) is 6.07 Å². The van der Waals surface area contributed by atoms with Gasteiger partial charge in [0, 0.05) is 18.6 Å². The molecule has 0 aliphatic heterocycles. The molecule has 0 spiro atoms. The number of imidazole rings is 1. The maximum Gasteiger partial charge on any atom is 0.305 e. The average Bonchev–Trinajstić information content (AvgIpc) is 2.77. The Balaban J connectivity index is 2.22. The summed E-state index contributed by atoms with van der Waals surface area (Å²) in [5.74, 6) is 0.289. The van der Waals surface area contributed by atoms with Gasteiger partial charge in [-0.3, -0.25) is 14.9 Å². The molecule has 7 heteroatoms. The number of ether oxygens (including phenoxy) is 1. The highest BCUT2D eigenvalue weighted by Crippen LogP contribution is 2.19. The first kappa shape index (κ1) is 12.0. The largest absolute Gasteiger partial charge is 0.469 e. The molecular formula is C11H11N3O4. The number of rotatable bonds is 4. The first-order chi connectivity index (χ1) is 8.60. The molecule has 2 aromatic rings. The third-order valence-corrected chi connectivity index (χ3v) is 2.52. The van der Waals surface area contributed by atoms with Crippen LogP contribution in [0.25, 0.3) is 11.0 Å². The van der Waals surface area contributed by atoms with Crippen LogP contribution in [-0.2, 0) is 16.0 Å². The number of non-ortho nitro benzene ring substituents is 1. The van der Waals surface area contributed by atoms with Crippen LogP contribution in [0.1, 0.15) is 12.2 Å². The van der Waals surface area contributed by atoms with Gasteiger partial charge in [0.2, 0.25) is 0 Å². The fourth-order valence-electron chi connectivity index (χ4n) is 1.60. The predicted octanol–water partition coefficient (Wildman–Crippen LogP) is 1.58. The normalized spacial score (nSPS) is 10.5. The Bertz CT molecular complexity index is 605. The molecule has 0 saturated carbocycles. The van der Waals surface area contributed by atoms with Crippen molar-refractivity contribution in [1.29, 1.82) is 0 Å². The number of nitro benzene ring substituents is 1. The zero-order valence-electron chi connectivity index (χ0n) is 9.67. The summed E-state index contributed by atoms with van der Waals surface area (Å²) in [6.45, 7) is 0. The molecule has 0 aliphatic rings.